The average Bonchev–Trinajstić information content (AvgIpc) is 3.03. The lowest BCUT2D eigenvalue weighted by molar-refractivity contribution is 0.336. The van der Waals surface area contributed by atoms with Crippen molar-refractivity contribution in [2.45, 2.75) is 46.1 Å². The summed E-state index contributed by atoms with van der Waals surface area (Å²) >= 11 is 0. The molecule has 2 saturated carbocycles. The molecular weight excluding hydrogens is 248 g/mol. The van der Waals surface area contributed by atoms with Gasteiger partial charge in [-0.2, -0.15) is 5.10 Å². The van der Waals surface area contributed by atoms with E-state index in [0.29, 0.717) is 6.54 Å². The lowest BCUT2D eigenvalue weighted by Gasteiger charge is -2.29. The normalized spacial score (nSPS) is 28.1. The fraction of sp³-hybridized carbons (Fsp3) is 0.750. The maximum Gasteiger partial charge on any atom is 0.155 e. The third kappa shape index (κ3) is 2.30. The Morgan fingerprint density at radius 3 is 2.60 bits per heavy atom. The minimum Gasteiger partial charge on any atom is -0.358 e. The summed E-state index contributed by atoms with van der Waals surface area (Å²) in [5.41, 5.74) is 9.27. The molecule has 4 nitrogen and oxygen atoms in total. The van der Waals surface area contributed by atoms with Crippen molar-refractivity contribution in [3.05, 3.63) is 16.8 Å². The molecule has 3 unspecified atom stereocenters. The zero-order chi connectivity index (χ0) is 14.3. The van der Waals surface area contributed by atoms with E-state index in [4.69, 9.17) is 5.73 Å². The van der Waals surface area contributed by atoms with E-state index in [1.807, 2.05) is 6.92 Å². The summed E-state index contributed by atoms with van der Waals surface area (Å²) < 4.78 is 0. The van der Waals surface area contributed by atoms with Gasteiger partial charge in [-0.05, 0) is 56.4 Å². The molecule has 0 saturated heterocycles. The summed E-state index contributed by atoms with van der Waals surface area (Å²) in [6.07, 6.45) is 5.76. The number of nitrogens with two attached hydrogens (primary N) is 1. The van der Waals surface area contributed by atoms with Gasteiger partial charge in [-0.1, -0.05) is 6.42 Å². The number of fused-ring (bicyclic) bond motifs is 2. The SMILES string of the molecule is Cc1nnc(N(C)CC2CC3CCC2C3)c(CN)c1C. The molecule has 0 aromatic carbocycles. The van der Waals surface area contributed by atoms with Gasteiger partial charge in [0.25, 0.3) is 0 Å². The largest absolute Gasteiger partial charge is 0.358 e. The summed E-state index contributed by atoms with van der Waals surface area (Å²) in [6.45, 7) is 5.74. The molecule has 1 aromatic heterocycles. The van der Waals surface area contributed by atoms with Gasteiger partial charge in [0.2, 0.25) is 0 Å². The molecule has 4 heteroatoms. The molecule has 1 aromatic rings. The summed E-state index contributed by atoms with van der Waals surface area (Å²) in [7, 11) is 2.14. The molecule has 20 heavy (non-hydrogen) atoms. The Balaban J connectivity index is 1.77. The fourth-order valence-corrected chi connectivity index (χ4v) is 4.23. The van der Waals surface area contributed by atoms with Gasteiger partial charge in [0.15, 0.2) is 5.82 Å². The van der Waals surface area contributed by atoms with Gasteiger partial charge in [0.1, 0.15) is 0 Å². The van der Waals surface area contributed by atoms with Gasteiger partial charge in [-0.25, -0.2) is 0 Å². The Bertz CT molecular complexity index is 499. The van der Waals surface area contributed by atoms with Gasteiger partial charge in [-0.15, -0.1) is 5.10 Å². The maximum absolute atomic E-state index is 5.93. The molecule has 2 aliphatic rings. The topological polar surface area (TPSA) is 55.0 Å². The van der Waals surface area contributed by atoms with Crippen molar-refractivity contribution in [2.24, 2.45) is 23.5 Å². The number of aryl methyl sites for hydroxylation is 1. The molecule has 2 N–H and O–H groups in total. The van der Waals surface area contributed by atoms with E-state index in [1.54, 1.807) is 0 Å². The van der Waals surface area contributed by atoms with E-state index < -0.39 is 0 Å². The molecule has 3 rings (SSSR count). The van der Waals surface area contributed by atoms with Crippen molar-refractivity contribution in [1.29, 1.82) is 0 Å². The first-order chi connectivity index (χ1) is 9.60. The molecule has 0 radical (unpaired) electrons. The average molecular weight is 274 g/mol. The van der Waals surface area contributed by atoms with Crippen LogP contribution >= 0.6 is 0 Å². The Morgan fingerprint density at radius 1 is 1.20 bits per heavy atom. The van der Waals surface area contributed by atoms with Crippen LogP contribution < -0.4 is 10.6 Å². The van der Waals surface area contributed by atoms with Crippen LogP contribution in [0.25, 0.3) is 0 Å². The Labute approximate surface area is 121 Å². The number of aromatic nitrogens is 2. The van der Waals surface area contributed by atoms with E-state index in [-0.39, 0.29) is 0 Å². The standard InChI is InChI=1S/C16H26N4/c1-10-11(2)18-19-16(15(10)8-17)20(3)9-14-7-12-4-5-13(14)6-12/h12-14H,4-9,17H2,1-3H3. The highest BCUT2D eigenvalue weighted by Gasteiger charge is 2.39. The summed E-state index contributed by atoms with van der Waals surface area (Å²) in [5, 5.41) is 8.69. The highest BCUT2D eigenvalue weighted by molar-refractivity contribution is 5.50. The molecule has 1 heterocycles. The monoisotopic (exact) mass is 274 g/mol. The van der Waals surface area contributed by atoms with Crippen molar-refractivity contribution >= 4 is 5.82 Å². The van der Waals surface area contributed by atoms with E-state index >= 15 is 0 Å². The first kappa shape index (κ1) is 13.8. The maximum atomic E-state index is 5.93. The number of hydrogen-bond acceptors (Lipinski definition) is 4. The first-order valence-electron chi connectivity index (χ1n) is 7.84. The molecule has 2 bridgehead atoms. The molecule has 2 aliphatic carbocycles. The Morgan fingerprint density at radius 2 is 2.00 bits per heavy atom. The number of nitrogens with zero attached hydrogens (tertiary/aromatic N) is 3. The second kappa shape index (κ2) is 5.32. The zero-order valence-electron chi connectivity index (χ0n) is 12.9. The lowest BCUT2D eigenvalue weighted by atomic mass is 9.88. The molecule has 0 spiro atoms. The summed E-state index contributed by atoms with van der Waals surface area (Å²) in [4.78, 5) is 2.28. The highest BCUT2D eigenvalue weighted by atomic mass is 15.3. The third-order valence-electron chi connectivity index (χ3n) is 5.52. The van der Waals surface area contributed by atoms with Crippen LogP contribution in [0.2, 0.25) is 0 Å². The molecule has 110 valence electrons. The predicted molar refractivity (Wildman–Crippen MR) is 81.6 cm³/mol. The van der Waals surface area contributed by atoms with Gasteiger partial charge >= 0.3 is 0 Å². The minimum atomic E-state index is 0.540. The van der Waals surface area contributed by atoms with Crippen molar-refractivity contribution in [3.63, 3.8) is 0 Å². The minimum absolute atomic E-state index is 0.540. The lowest BCUT2D eigenvalue weighted by Crippen LogP contribution is -2.30. The van der Waals surface area contributed by atoms with Gasteiger partial charge in [-0.3, -0.25) is 0 Å². The summed E-state index contributed by atoms with van der Waals surface area (Å²) in [6, 6.07) is 0. The quantitative estimate of drug-likeness (QED) is 0.916. The van der Waals surface area contributed by atoms with E-state index in [1.165, 1.54) is 31.2 Å². The van der Waals surface area contributed by atoms with Crippen LogP contribution in [-0.4, -0.2) is 23.8 Å². The van der Waals surface area contributed by atoms with Crippen LogP contribution in [0.1, 0.15) is 42.5 Å². The van der Waals surface area contributed by atoms with Gasteiger partial charge in [0.05, 0.1) is 5.69 Å². The second-order valence-electron chi connectivity index (χ2n) is 6.73. The number of rotatable bonds is 4. The Hall–Kier alpha value is -1.16. The fourth-order valence-electron chi connectivity index (χ4n) is 4.23. The van der Waals surface area contributed by atoms with E-state index in [0.717, 1.165) is 41.4 Å². The predicted octanol–water partition coefficient (Wildman–Crippen LogP) is 2.42. The smallest absolute Gasteiger partial charge is 0.155 e. The second-order valence-corrected chi connectivity index (χ2v) is 6.73. The molecular formula is C16H26N4. The number of anilines is 1. The third-order valence-corrected chi connectivity index (χ3v) is 5.52. The van der Waals surface area contributed by atoms with Crippen LogP contribution in [0.15, 0.2) is 0 Å². The highest BCUT2D eigenvalue weighted by Crippen LogP contribution is 2.48. The molecule has 0 amide bonds. The Kier molecular flexibility index (Phi) is 3.67. The number of hydrogen-bond donors (Lipinski definition) is 1. The molecule has 3 atom stereocenters. The first-order valence-corrected chi connectivity index (χ1v) is 7.84. The molecule has 0 aliphatic heterocycles. The zero-order valence-corrected chi connectivity index (χ0v) is 12.9. The van der Waals surface area contributed by atoms with Crippen molar-refractivity contribution < 1.29 is 0 Å². The van der Waals surface area contributed by atoms with E-state index in [9.17, 15) is 0 Å². The molecule has 2 fully saturated rings. The van der Waals surface area contributed by atoms with Crippen molar-refractivity contribution in [2.75, 3.05) is 18.5 Å². The van der Waals surface area contributed by atoms with E-state index in [2.05, 4.69) is 29.1 Å². The van der Waals surface area contributed by atoms with Crippen LogP contribution in [0.4, 0.5) is 5.82 Å². The van der Waals surface area contributed by atoms with Crippen LogP contribution in [-0.2, 0) is 6.54 Å². The summed E-state index contributed by atoms with van der Waals surface area (Å²) in [5.74, 6) is 3.77. The van der Waals surface area contributed by atoms with Crippen LogP contribution in [0, 0.1) is 31.6 Å². The van der Waals surface area contributed by atoms with Gasteiger partial charge in [0, 0.05) is 25.7 Å². The van der Waals surface area contributed by atoms with Crippen molar-refractivity contribution in [1.82, 2.24) is 10.2 Å². The van der Waals surface area contributed by atoms with Crippen LogP contribution in [0.5, 0.6) is 0 Å². The van der Waals surface area contributed by atoms with Crippen molar-refractivity contribution in [3.8, 4) is 0 Å². The van der Waals surface area contributed by atoms with Crippen LogP contribution in [0.3, 0.4) is 0 Å². The van der Waals surface area contributed by atoms with Gasteiger partial charge < -0.3 is 10.6 Å².